The van der Waals surface area contributed by atoms with Crippen LogP contribution in [0, 0.1) is 5.92 Å². The normalized spacial score (nSPS) is 11.6. The van der Waals surface area contributed by atoms with Crippen molar-refractivity contribution in [3.63, 3.8) is 0 Å². The predicted octanol–water partition coefficient (Wildman–Crippen LogP) is 6.74. The number of hydrogen-bond donors (Lipinski definition) is 2. The molecule has 0 atom stereocenters. The van der Waals surface area contributed by atoms with Crippen molar-refractivity contribution in [2.75, 3.05) is 0 Å². The summed E-state index contributed by atoms with van der Waals surface area (Å²) in [5.74, 6) is -3.10. The Labute approximate surface area is 247 Å². The third kappa shape index (κ3) is 5.84. The van der Waals surface area contributed by atoms with Crippen LogP contribution in [-0.4, -0.2) is 36.9 Å². The maximum Gasteiger partial charge on any atom is 0.318 e. The average Bonchev–Trinajstić information content (AvgIpc) is 3.77. The molecule has 0 aliphatic carbocycles. The van der Waals surface area contributed by atoms with Crippen molar-refractivity contribution in [3.8, 4) is 27.8 Å². The molecule has 0 saturated carbocycles. The summed E-state index contributed by atoms with van der Waals surface area (Å²) in [6.07, 6.45) is 4.06. The van der Waals surface area contributed by atoms with Gasteiger partial charge in [0.1, 0.15) is 30.0 Å². The summed E-state index contributed by atoms with van der Waals surface area (Å²) < 4.78 is 13.2. The van der Waals surface area contributed by atoms with Gasteiger partial charge in [0, 0.05) is 22.7 Å². The third-order valence-corrected chi connectivity index (χ3v) is 8.46. The van der Waals surface area contributed by atoms with Crippen LogP contribution in [0.2, 0.25) is 0 Å². The summed E-state index contributed by atoms with van der Waals surface area (Å²) >= 11 is 1.48. The molecule has 0 fully saturated rings. The van der Waals surface area contributed by atoms with Gasteiger partial charge in [-0.3, -0.25) is 14.3 Å². The highest BCUT2D eigenvalue weighted by molar-refractivity contribution is 7.13. The number of hydrogen-bond acceptors (Lipinski definition) is 7. The molecule has 10 heteroatoms. The van der Waals surface area contributed by atoms with Crippen LogP contribution in [0.4, 0.5) is 0 Å². The van der Waals surface area contributed by atoms with E-state index in [4.69, 9.17) is 14.3 Å². The van der Waals surface area contributed by atoms with Gasteiger partial charge in [-0.05, 0) is 54.1 Å². The number of carbonyl (C=O) groups is 2. The number of carboxylic acids is 2. The van der Waals surface area contributed by atoms with E-state index in [1.165, 1.54) is 11.3 Å². The SMILES string of the molecule is CCC(CC)(c1cn(Cc2ccc(OCc3coc(-c4ccccc4)n3)cc2)nc1-c1cccs1)C(C(=O)O)C(=O)O. The number of carboxylic acid groups (broad SMARTS) is 2. The van der Waals surface area contributed by atoms with E-state index in [1.54, 1.807) is 17.1 Å². The van der Waals surface area contributed by atoms with E-state index in [2.05, 4.69) is 4.98 Å². The van der Waals surface area contributed by atoms with Crippen molar-refractivity contribution in [3.05, 3.63) is 101 Å². The lowest BCUT2D eigenvalue weighted by atomic mass is 9.66. The van der Waals surface area contributed by atoms with Crippen LogP contribution in [0.25, 0.3) is 22.0 Å². The van der Waals surface area contributed by atoms with Crippen molar-refractivity contribution < 1.29 is 29.0 Å². The molecule has 5 rings (SSSR count). The second kappa shape index (κ2) is 12.4. The summed E-state index contributed by atoms with van der Waals surface area (Å²) in [7, 11) is 0. The largest absolute Gasteiger partial charge is 0.487 e. The summed E-state index contributed by atoms with van der Waals surface area (Å²) in [6, 6.07) is 21.1. The van der Waals surface area contributed by atoms with E-state index in [1.807, 2.05) is 86.0 Å². The first kappa shape index (κ1) is 28.8. The number of benzene rings is 2. The molecule has 2 aromatic carbocycles. The first-order chi connectivity index (χ1) is 20.3. The van der Waals surface area contributed by atoms with Gasteiger partial charge in [-0.1, -0.05) is 50.2 Å². The molecule has 42 heavy (non-hydrogen) atoms. The third-order valence-electron chi connectivity index (χ3n) is 7.59. The number of ether oxygens (including phenoxy) is 1. The quantitative estimate of drug-likeness (QED) is 0.146. The fourth-order valence-electron chi connectivity index (χ4n) is 5.36. The molecule has 3 aromatic heterocycles. The van der Waals surface area contributed by atoms with Gasteiger partial charge in [0.15, 0.2) is 5.92 Å². The minimum atomic E-state index is -1.60. The van der Waals surface area contributed by atoms with E-state index >= 15 is 0 Å². The van der Waals surface area contributed by atoms with Gasteiger partial charge in [0.25, 0.3) is 0 Å². The fraction of sp³-hybridized carbons (Fsp3) is 0.250. The summed E-state index contributed by atoms with van der Waals surface area (Å²) in [5.41, 5.74) is 2.64. The number of nitrogens with zero attached hydrogens (tertiary/aromatic N) is 3. The molecule has 3 heterocycles. The zero-order chi connectivity index (χ0) is 29.7. The molecule has 0 bridgehead atoms. The van der Waals surface area contributed by atoms with Crippen molar-refractivity contribution in [2.45, 2.75) is 45.3 Å². The van der Waals surface area contributed by atoms with Crippen LogP contribution in [0.1, 0.15) is 43.5 Å². The topological polar surface area (TPSA) is 128 Å². The van der Waals surface area contributed by atoms with Gasteiger partial charge in [-0.2, -0.15) is 5.10 Å². The number of rotatable bonds is 13. The number of aromatic nitrogens is 3. The zero-order valence-corrected chi connectivity index (χ0v) is 24.1. The summed E-state index contributed by atoms with van der Waals surface area (Å²) in [6.45, 7) is 4.33. The molecule has 0 aliphatic rings. The molecule has 0 unspecified atom stereocenters. The summed E-state index contributed by atoms with van der Waals surface area (Å²) in [5, 5.41) is 26.6. The van der Waals surface area contributed by atoms with Crippen LogP contribution in [0.15, 0.2) is 89.0 Å². The lowest BCUT2D eigenvalue weighted by Gasteiger charge is -2.35. The Morgan fingerprint density at radius 1 is 1.00 bits per heavy atom. The van der Waals surface area contributed by atoms with Crippen LogP contribution >= 0.6 is 11.3 Å². The van der Waals surface area contributed by atoms with Gasteiger partial charge in [0.05, 0.1) is 11.4 Å². The minimum absolute atomic E-state index is 0.257. The van der Waals surface area contributed by atoms with E-state index < -0.39 is 23.3 Å². The molecule has 216 valence electrons. The highest BCUT2D eigenvalue weighted by Crippen LogP contribution is 2.44. The van der Waals surface area contributed by atoms with E-state index in [0.29, 0.717) is 48.0 Å². The number of aliphatic carboxylic acids is 2. The van der Waals surface area contributed by atoms with Crippen molar-refractivity contribution in [1.29, 1.82) is 0 Å². The van der Waals surface area contributed by atoms with Crippen LogP contribution in [0.3, 0.4) is 0 Å². The van der Waals surface area contributed by atoms with E-state index in [9.17, 15) is 19.8 Å². The predicted molar refractivity (Wildman–Crippen MR) is 158 cm³/mol. The molecule has 0 spiro atoms. The van der Waals surface area contributed by atoms with Gasteiger partial charge < -0.3 is 19.4 Å². The first-order valence-electron chi connectivity index (χ1n) is 13.6. The molecular weight excluding hydrogens is 554 g/mol. The first-order valence-corrected chi connectivity index (χ1v) is 14.5. The van der Waals surface area contributed by atoms with Crippen LogP contribution in [0.5, 0.6) is 5.75 Å². The molecule has 0 radical (unpaired) electrons. The lowest BCUT2D eigenvalue weighted by molar-refractivity contribution is -0.158. The monoisotopic (exact) mass is 585 g/mol. The van der Waals surface area contributed by atoms with Crippen molar-refractivity contribution in [1.82, 2.24) is 14.8 Å². The second-order valence-corrected chi connectivity index (χ2v) is 10.9. The van der Waals surface area contributed by atoms with Gasteiger partial charge >= 0.3 is 11.9 Å². The average molecular weight is 586 g/mol. The highest BCUT2D eigenvalue weighted by atomic mass is 32.1. The molecule has 9 nitrogen and oxygen atoms in total. The Bertz CT molecular complexity index is 1620. The highest BCUT2D eigenvalue weighted by Gasteiger charge is 2.49. The Balaban J connectivity index is 1.35. The zero-order valence-electron chi connectivity index (χ0n) is 23.3. The van der Waals surface area contributed by atoms with Gasteiger partial charge in [-0.15, -0.1) is 11.3 Å². The molecule has 0 saturated heterocycles. The summed E-state index contributed by atoms with van der Waals surface area (Å²) in [4.78, 5) is 29.7. The standard InChI is InChI=1S/C32H31N3O6S/c1-3-32(4-2,27(30(36)37)31(38)39)25-18-35(34-28(25)26-11-8-16-42-26)17-21-12-14-24(15-13-21)40-19-23-20-41-29(33-23)22-9-6-5-7-10-22/h5-16,18,20,27H,3-4,17,19H2,1-2H3,(H,36,37)(H,38,39). The Kier molecular flexibility index (Phi) is 8.53. The smallest absolute Gasteiger partial charge is 0.318 e. The second-order valence-electron chi connectivity index (χ2n) is 9.98. The Morgan fingerprint density at radius 3 is 2.33 bits per heavy atom. The number of thiophene rings is 1. The Hall–Kier alpha value is -4.70. The molecular formula is C32H31N3O6S. The van der Waals surface area contributed by atoms with Crippen molar-refractivity contribution in [2.24, 2.45) is 5.92 Å². The maximum atomic E-state index is 12.2. The van der Waals surface area contributed by atoms with E-state index in [0.717, 1.165) is 16.0 Å². The van der Waals surface area contributed by atoms with Crippen molar-refractivity contribution >= 4 is 23.3 Å². The lowest BCUT2D eigenvalue weighted by Crippen LogP contribution is -2.44. The molecule has 0 amide bonds. The minimum Gasteiger partial charge on any atom is -0.487 e. The van der Waals surface area contributed by atoms with Crippen LogP contribution < -0.4 is 4.74 Å². The fourth-order valence-corrected chi connectivity index (χ4v) is 6.08. The van der Waals surface area contributed by atoms with Gasteiger partial charge in [0.2, 0.25) is 5.89 Å². The van der Waals surface area contributed by atoms with Crippen LogP contribution in [-0.2, 0) is 28.2 Å². The maximum absolute atomic E-state index is 12.2. The van der Waals surface area contributed by atoms with Gasteiger partial charge in [-0.25, -0.2) is 4.98 Å². The molecule has 2 N–H and O–H groups in total. The number of oxazole rings is 1. The Morgan fingerprint density at radius 2 is 1.71 bits per heavy atom. The molecule has 5 aromatic rings. The molecule has 0 aliphatic heterocycles. The van der Waals surface area contributed by atoms with E-state index in [-0.39, 0.29) is 6.61 Å².